The lowest BCUT2D eigenvalue weighted by Gasteiger charge is -2.06. The molecule has 0 fully saturated rings. The van der Waals surface area contributed by atoms with Gasteiger partial charge in [0, 0.05) is 6.61 Å². The van der Waals surface area contributed by atoms with Gasteiger partial charge in [-0.1, -0.05) is 69.6 Å². The van der Waals surface area contributed by atoms with Crippen molar-refractivity contribution in [1.82, 2.24) is 0 Å². The number of carboxylic acid groups (broad SMARTS) is 1. The highest BCUT2D eigenvalue weighted by atomic mass is 16.4. The Bertz CT molecular complexity index is 415. The molecule has 3 nitrogen and oxygen atoms in total. The summed E-state index contributed by atoms with van der Waals surface area (Å²) in [5.74, 6) is -0.822. The van der Waals surface area contributed by atoms with Gasteiger partial charge in [-0.25, -0.2) is 4.79 Å². The number of hydrogen-bond donors (Lipinski definition) is 2. The molecule has 0 aromatic heterocycles. The Morgan fingerprint density at radius 3 is 1.82 bits per heavy atom. The molecule has 1 aromatic rings. The average Bonchev–Trinajstić information content (AvgIpc) is 2.53. The van der Waals surface area contributed by atoms with Crippen molar-refractivity contribution >= 4 is 5.97 Å². The van der Waals surface area contributed by atoms with Crippen LogP contribution in [0.25, 0.3) is 0 Å². The molecular weight excluding hydrogens is 276 g/mol. The first-order valence-electron chi connectivity index (χ1n) is 8.67. The van der Waals surface area contributed by atoms with Crippen molar-refractivity contribution in [2.45, 2.75) is 70.6 Å². The zero-order valence-corrected chi connectivity index (χ0v) is 13.6. The van der Waals surface area contributed by atoms with Gasteiger partial charge < -0.3 is 10.2 Å². The maximum absolute atomic E-state index is 11.1. The summed E-state index contributed by atoms with van der Waals surface area (Å²) in [7, 11) is 0. The lowest BCUT2D eigenvalue weighted by atomic mass is 10.00. The molecule has 0 heterocycles. The first-order chi connectivity index (χ1) is 10.8. The van der Waals surface area contributed by atoms with Gasteiger partial charge in [0.1, 0.15) is 0 Å². The van der Waals surface area contributed by atoms with E-state index in [4.69, 9.17) is 10.2 Å². The molecule has 2 N–H and O–H groups in total. The third-order valence-electron chi connectivity index (χ3n) is 4.10. The Hall–Kier alpha value is -1.35. The van der Waals surface area contributed by atoms with Crippen LogP contribution >= 0.6 is 0 Å². The van der Waals surface area contributed by atoms with Gasteiger partial charge in [-0.3, -0.25) is 0 Å². The molecular formula is C19H30O3. The van der Waals surface area contributed by atoms with E-state index in [1.54, 1.807) is 12.1 Å². The summed E-state index contributed by atoms with van der Waals surface area (Å²) in [5, 5.41) is 17.8. The highest BCUT2D eigenvalue weighted by molar-refractivity contribution is 5.89. The van der Waals surface area contributed by atoms with Crippen LogP contribution in [0.15, 0.2) is 24.3 Å². The Labute approximate surface area is 134 Å². The van der Waals surface area contributed by atoms with Gasteiger partial charge in [-0.05, 0) is 30.9 Å². The Morgan fingerprint density at radius 1 is 0.773 bits per heavy atom. The normalized spacial score (nSPS) is 10.8. The summed E-state index contributed by atoms with van der Waals surface area (Å²) in [5.41, 5.74) is 1.41. The third kappa shape index (κ3) is 8.18. The second-order valence-corrected chi connectivity index (χ2v) is 5.97. The molecule has 22 heavy (non-hydrogen) atoms. The Balaban J connectivity index is 2.01. The molecule has 0 atom stereocenters. The predicted octanol–water partition coefficient (Wildman–Crippen LogP) is 4.82. The summed E-state index contributed by atoms with van der Waals surface area (Å²) < 4.78 is 0. The third-order valence-corrected chi connectivity index (χ3v) is 4.10. The molecule has 124 valence electrons. The number of aryl methyl sites for hydroxylation is 1. The van der Waals surface area contributed by atoms with E-state index in [2.05, 4.69) is 0 Å². The standard InChI is InChI=1S/C19H30O3/c20-16-12-8-6-4-2-1-3-5-7-9-13-17-14-10-11-15-18(17)19(21)22/h10-11,14-15,20H,1-9,12-13,16H2,(H,21,22). The molecule has 0 saturated carbocycles. The fourth-order valence-electron chi connectivity index (χ4n) is 2.79. The number of unbranched alkanes of at least 4 members (excludes halogenated alkanes) is 9. The maximum atomic E-state index is 11.1. The summed E-state index contributed by atoms with van der Waals surface area (Å²) in [4.78, 5) is 11.1. The van der Waals surface area contributed by atoms with Crippen molar-refractivity contribution in [1.29, 1.82) is 0 Å². The molecule has 0 aliphatic heterocycles. The summed E-state index contributed by atoms with van der Waals surface area (Å²) in [6.07, 6.45) is 12.9. The Morgan fingerprint density at radius 2 is 1.27 bits per heavy atom. The van der Waals surface area contributed by atoms with Crippen LogP contribution in [-0.4, -0.2) is 22.8 Å². The van der Waals surface area contributed by atoms with Gasteiger partial charge >= 0.3 is 5.97 Å². The molecule has 0 unspecified atom stereocenters. The van der Waals surface area contributed by atoms with Gasteiger partial charge in [-0.2, -0.15) is 0 Å². The molecule has 0 aliphatic carbocycles. The van der Waals surface area contributed by atoms with Gasteiger partial charge in [0.05, 0.1) is 5.56 Å². The number of aliphatic hydroxyl groups excluding tert-OH is 1. The van der Waals surface area contributed by atoms with Crippen LogP contribution in [-0.2, 0) is 6.42 Å². The van der Waals surface area contributed by atoms with Crippen LogP contribution in [0.4, 0.5) is 0 Å². The number of aliphatic hydroxyl groups is 1. The minimum absolute atomic E-state index is 0.324. The highest BCUT2D eigenvalue weighted by Gasteiger charge is 2.07. The lowest BCUT2D eigenvalue weighted by molar-refractivity contribution is 0.0695. The molecule has 3 heteroatoms. The molecule has 1 rings (SSSR count). The van der Waals surface area contributed by atoms with Crippen molar-refractivity contribution < 1.29 is 15.0 Å². The Kier molecular flexibility index (Phi) is 10.4. The van der Waals surface area contributed by atoms with E-state index in [1.807, 2.05) is 12.1 Å². The fraction of sp³-hybridized carbons (Fsp3) is 0.632. The van der Waals surface area contributed by atoms with Crippen molar-refractivity contribution in [2.75, 3.05) is 6.61 Å². The van der Waals surface area contributed by atoms with Crippen molar-refractivity contribution in [3.05, 3.63) is 35.4 Å². The zero-order valence-electron chi connectivity index (χ0n) is 13.6. The van der Waals surface area contributed by atoms with Crippen molar-refractivity contribution in [3.63, 3.8) is 0 Å². The van der Waals surface area contributed by atoms with Gasteiger partial charge in [0.25, 0.3) is 0 Å². The van der Waals surface area contributed by atoms with Crippen LogP contribution < -0.4 is 0 Å². The van der Waals surface area contributed by atoms with E-state index >= 15 is 0 Å². The number of carbonyl (C=O) groups is 1. The van der Waals surface area contributed by atoms with Crippen molar-refractivity contribution in [2.24, 2.45) is 0 Å². The number of benzene rings is 1. The monoisotopic (exact) mass is 306 g/mol. The van der Waals surface area contributed by atoms with E-state index in [1.165, 1.54) is 44.9 Å². The lowest BCUT2D eigenvalue weighted by Crippen LogP contribution is -2.02. The maximum Gasteiger partial charge on any atom is 0.335 e. The van der Waals surface area contributed by atoms with Crippen LogP contribution in [0.2, 0.25) is 0 Å². The van der Waals surface area contributed by atoms with Crippen LogP contribution in [0.5, 0.6) is 0 Å². The van der Waals surface area contributed by atoms with Gasteiger partial charge in [0.2, 0.25) is 0 Å². The van der Waals surface area contributed by atoms with E-state index in [9.17, 15) is 4.79 Å². The molecule has 0 radical (unpaired) electrons. The predicted molar refractivity (Wildman–Crippen MR) is 90.4 cm³/mol. The number of hydrogen-bond acceptors (Lipinski definition) is 2. The second kappa shape index (κ2) is 12.2. The highest BCUT2D eigenvalue weighted by Crippen LogP contribution is 2.15. The minimum atomic E-state index is -0.822. The number of aromatic carboxylic acids is 1. The summed E-state index contributed by atoms with van der Waals surface area (Å²) in [6, 6.07) is 7.32. The molecule has 0 spiro atoms. The van der Waals surface area contributed by atoms with Crippen LogP contribution in [0.3, 0.4) is 0 Å². The first kappa shape index (κ1) is 18.7. The fourth-order valence-corrected chi connectivity index (χ4v) is 2.79. The molecule has 0 aliphatic rings. The van der Waals surface area contributed by atoms with Gasteiger partial charge in [0.15, 0.2) is 0 Å². The van der Waals surface area contributed by atoms with E-state index < -0.39 is 5.97 Å². The SMILES string of the molecule is O=C(O)c1ccccc1CCCCCCCCCCCCO. The summed E-state index contributed by atoms with van der Waals surface area (Å²) in [6.45, 7) is 0.324. The average molecular weight is 306 g/mol. The van der Waals surface area contributed by atoms with Crippen LogP contribution in [0, 0.1) is 0 Å². The quantitative estimate of drug-likeness (QED) is 0.514. The van der Waals surface area contributed by atoms with E-state index in [0.717, 1.165) is 31.2 Å². The van der Waals surface area contributed by atoms with E-state index in [0.29, 0.717) is 12.2 Å². The molecule has 0 amide bonds. The van der Waals surface area contributed by atoms with Gasteiger partial charge in [-0.15, -0.1) is 0 Å². The number of rotatable bonds is 13. The zero-order chi connectivity index (χ0) is 16.0. The van der Waals surface area contributed by atoms with Crippen LogP contribution in [0.1, 0.15) is 80.1 Å². The largest absolute Gasteiger partial charge is 0.478 e. The summed E-state index contributed by atoms with van der Waals surface area (Å²) >= 11 is 0. The molecule has 1 aromatic carbocycles. The van der Waals surface area contributed by atoms with Crippen molar-refractivity contribution in [3.8, 4) is 0 Å². The topological polar surface area (TPSA) is 57.5 Å². The minimum Gasteiger partial charge on any atom is -0.478 e. The molecule has 0 saturated heterocycles. The smallest absolute Gasteiger partial charge is 0.335 e. The molecule has 0 bridgehead atoms. The second-order valence-electron chi connectivity index (χ2n) is 5.97. The number of carboxylic acids is 1. The van der Waals surface area contributed by atoms with E-state index in [-0.39, 0.29) is 0 Å². The first-order valence-corrected chi connectivity index (χ1v) is 8.67.